The molecular formula is C11H22N2O4S. The number of carbonyl (C=O) groups excluding carboxylic acids is 1. The summed E-state index contributed by atoms with van der Waals surface area (Å²) in [4.78, 5) is 13.4. The molecule has 1 heterocycles. The largest absolute Gasteiger partial charge is 0.444 e. The molecule has 1 amide bonds. The van der Waals surface area contributed by atoms with Crippen molar-refractivity contribution >= 4 is 16.8 Å². The minimum atomic E-state index is -2.36. The summed E-state index contributed by atoms with van der Waals surface area (Å²) in [5, 5.41) is 2.81. The molecule has 0 aromatic heterocycles. The van der Waals surface area contributed by atoms with Crippen LogP contribution < -0.4 is 5.32 Å². The number of alkyl carbamates (subject to hydrolysis) is 1. The van der Waals surface area contributed by atoms with Gasteiger partial charge in [-0.3, -0.25) is 4.90 Å². The lowest BCUT2D eigenvalue weighted by molar-refractivity contribution is 0.0482. The summed E-state index contributed by atoms with van der Waals surface area (Å²) in [5.41, 5.74) is -0.494. The Hall–Kier alpha value is -0.820. The Balaban J connectivity index is 2.29. The second-order valence-corrected chi connectivity index (χ2v) is 6.46. The predicted molar refractivity (Wildman–Crippen MR) is 69.1 cm³/mol. The van der Waals surface area contributed by atoms with E-state index in [1.165, 1.54) is 0 Å². The molecule has 0 saturated carbocycles. The summed E-state index contributed by atoms with van der Waals surface area (Å²) < 4.78 is 26.3. The van der Waals surface area contributed by atoms with Crippen LogP contribution in [0.5, 0.6) is 0 Å². The molecule has 1 N–H and O–H groups in total. The van der Waals surface area contributed by atoms with Crippen molar-refractivity contribution in [3.63, 3.8) is 0 Å². The van der Waals surface area contributed by atoms with Crippen molar-refractivity contribution in [1.29, 1.82) is 0 Å². The number of ether oxygens (including phenoxy) is 1. The van der Waals surface area contributed by atoms with Gasteiger partial charge in [0.2, 0.25) is 0 Å². The number of nitrogens with one attached hydrogen (secondary N) is 1. The topological polar surface area (TPSA) is 75.7 Å². The molecule has 1 fully saturated rings. The summed E-state index contributed by atoms with van der Waals surface area (Å²) in [6.07, 6.45) is 1.10. The van der Waals surface area contributed by atoms with Gasteiger partial charge < -0.3 is 10.1 Å². The third-order valence-corrected chi connectivity index (χ3v) is 3.25. The minimum absolute atomic E-state index is 0.0700. The zero-order chi connectivity index (χ0) is 13.8. The molecule has 0 atom stereocenters. The Morgan fingerprint density at radius 2 is 1.89 bits per heavy atom. The van der Waals surface area contributed by atoms with Gasteiger partial charge >= 0.3 is 6.09 Å². The molecular weight excluding hydrogens is 256 g/mol. The van der Waals surface area contributed by atoms with Crippen LogP contribution >= 0.6 is 0 Å². The van der Waals surface area contributed by atoms with Crippen molar-refractivity contribution in [2.45, 2.75) is 45.3 Å². The van der Waals surface area contributed by atoms with Crippen molar-refractivity contribution in [3.05, 3.63) is 0 Å². The highest BCUT2D eigenvalue weighted by molar-refractivity contribution is 7.72. The number of amides is 1. The number of hydrogen-bond acceptors (Lipinski definition) is 5. The van der Waals surface area contributed by atoms with E-state index in [2.05, 4.69) is 5.32 Å². The smallest absolute Gasteiger partial charge is 0.407 e. The maximum absolute atomic E-state index is 11.5. The Labute approximate surface area is 110 Å². The van der Waals surface area contributed by atoms with Gasteiger partial charge in [-0.2, -0.15) is 0 Å². The maximum Gasteiger partial charge on any atom is 0.407 e. The number of rotatable bonds is 3. The van der Waals surface area contributed by atoms with E-state index < -0.39 is 22.4 Å². The number of carbonyl (C=O) groups is 1. The second kappa shape index (κ2) is 6.38. The van der Waals surface area contributed by atoms with Crippen molar-refractivity contribution in [2.75, 3.05) is 19.0 Å². The SMILES string of the molecule is CC(C)(C)OC(=O)NC1CCN(C[SH](=O)=O)CC1. The van der Waals surface area contributed by atoms with Crippen LogP contribution in [0, 0.1) is 0 Å². The van der Waals surface area contributed by atoms with E-state index in [1.54, 1.807) is 0 Å². The van der Waals surface area contributed by atoms with Gasteiger partial charge in [0.05, 0.1) is 5.88 Å². The lowest BCUT2D eigenvalue weighted by atomic mass is 10.1. The first-order valence-corrected chi connectivity index (χ1v) is 7.46. The van der Waals surface area contributed by atoms with Gasteiger partial charge in [0.25, 0.3) is 0 Å². The van der Waals surface area contributed by atoms with Gasteiger partial charge in [-0.1, -0.05) is 0 Å². The van der Waals surface area contributed by atoms with Crippen molar-refractivity contribution in [3.8, 4) is 0 Å². The fourth-order valence-corrected chi connectivity index (χ4v) is 2.47. The lowest BCUT2D eigenvalue weighted by Crippen LogP contribution is -2.46. The molecule has 0 aromatic rings. The van der Waals surface area contributed by atoms with Gasteiger partial charge in [-0.15, -0.1) is 0 Å². The van der Waals surface area contributed by atoms with E-state index >= 15 is 0 Å². The molecule has 0 radical (unpaired) electrons. The van der Waals surface area contributed by atoms with Crippen LogP contribution in [0.2, 0.25) is 0 Å². The Morgan fingerprint density at radius 1 is 1.33 bits per heavy atom. The highest BCUT2D eigenvalue weighted by atomic mass is 32.2. The third-order valence-electron chi connectivity index (χ3n) is 2.62. The first-order chi connectivity index (χ1) is 8.26. The molecule has 0 spiro atoms. The van der Waals surface area contributed by atoms with E-state index in [4.69, 9.17) is 4.74 Å². The van der Waals surface area contributed by atoms with Crippen LogP contribution in [-0.2, 0) is 15.4 Å². The predicted octanol–water partition coefficient (Wildman–Crippen LogP) is 0.544. The highest BCUT2D eigenvalue weighted by Crippen LogP contribution is 2.12. The van der Waals surface area contributed by atoms with Gasteiger partial charge in [0.15, 0.2) is 10.7 Å². The third kappa shape index (κ3) is 6.20. The molecule has 1 aliphatic heterocycles. The standard InChI is InChI=1S/C11H22N2O4S/c1-11(2,3)17-10(14)12-9-4-6-13(7-5-9)8-18(15)16/h9,18H,4-8H2,1-3H3,(H,12,14). The second-order valence-electron chi connectivity index (χ2n) is 5.51. The van der Waals surface area contributed by atoms with Gasteiger partial charge in [-0.05, 0) is 33.6 Å². The van der Waals surface area contributed by atoms with Crippen molar-refractivity contribution in [2.24, 2.45) is 0 Å². The Morgan fingerprint density at radius 3 is 2.33 bits per heavy atom. The van der Waals surface area contributed by atoms with E-state index in [1.807, 2.05) is 25.7 Å². The van der Waals surface area contributed by atoms with E-state index in [-0.39, 0.29) is 11.9 Å². The van der Waals surface area contributed by atoms with Gasteiger partial charge in [0.1, 0.15) is 5.60 Å². The molecule has 18 heavy (non-hydrogen) atoms. The normalized spacial score (nSPS) is 18.9. The number of hydrogen-bond donors (Lipinski definition) is 2. The molecule has 7 heteroatoms. The molecule has 1 rings (SSSR count). The average molecular weight is 278 g/mol. The van der Waals surface area contributed by atoms with Crippen LogP contribution in [0.1, 0.15) is 33.6 Å². The molecule has 0 bridgehead atoms. The van der Waals surface area contributed by atoms with Gasteiger partial charge in [-0.25, -0.2) is 13.2 Å². The van der Waals surface area contributed by atoms with Crippen LogP contribution in [0.25, 0.3) is 0 Å². The molecule has 106 valence electrons. The molecule has 1 saturated heterocycles. The zero-order valence-electron chi connectivity index (χ0n) is 11.1. The van der Waals surface area contributed by atoms with Crippen LogP contribution in [0.3, 0.4) is 0 Å². The lowest BCUT2D eigenvalue weighted by Gasteiger charge is -2.31. The molecule has 0 aromatic carbocycles. The monoisotopic (exact) mass is 278 g/mol. The van der Waals surface area contributed by atoms with Crippen molar-refractivity contribution in [1.82, 2.24) is 10.2 Å². The minimum Gasteiger partial charge on any atom is -0.444 e. The Kier molecular flexibility index (Phi) is 5.40. The highest BCUT2D eigenvalue weighted by Gasteiger charge is 2.23. The van der Waals surface area contributed by atoms with Crippen LogP contribution in [0.15, 0.2) is 0 Å². The van der Waals surface area contributed by atoms with Crippen molar-refractivity contribution < 1.29 is 17.9 Å². The Bertz CT molecular complexity index is 347. The fraction of sp³-hybridized carbons (Fsp3) is 0.909. The zero-order valence-corrected chi connectivity index (χ0v) is 12.0. The quantitative estimate of drug-likeness (QED) is 0.737. The number of likely N-dealkylation sites (tertiary alicyclic amines) is 1. The maximum atomic E-state index is 11.5. The summed E-state index contributed by atoms with van der Waals surface area (Å²) >= 11 is 0. The van der Waals surface area contributed by atoms with E-state index in [0.717, 1.165) is 12.8 Å². The molecule has 6 nitrogen and oxygen atoms in total. The molecule has 0 unspecified atom stereocenters. The average Bonchev–Trinajstić information content (AvgIpc) is 2.17. The fourth-order valence-electron chi connectivity index (χ4n) is 1.86. The first kappa shape index (κ1) is 15.2. The number of thiol groups is 1. The number of piperidine rings is 1. The summed E-state index contributed by atoms with van der Waals surface area (Å²) in [6, 6.07) is 0.0700. The van der Waals surface area contributed by atoms with Crippen LogP contribution in [-0.4, -0.2) is 50.0 Å². The summed E-state index contributed by atoms with van der Waals surface area (Å²) in [6.45, 7) is 6.83. The van der Waals surface area contributed by atoms with E-state index in [0.29, 0.717) is 13.1 Å². The van der Waals surface area contributed by atoms with E-state index in [9.17, 15) is 13.2 Å². The first-order valence-electron chi connectivity index (χ1n) is 6.10. The number of nitrogens with zero attached hydrogens (tertiary/aromatic N) is 1. The summed E-state index contributed by atoms with van der Waals surface area (Å²) in [5.74, 6) is 0.106. The van der Waals surface area contributed by atoms with Gasteiger partial charge in [0, 0.05) is 19.1 Å². The molecule has 1 aliphatic rings. The molecule has 0 aliphatic carbocycles. The van der Waals surface area contributed by atoms with Crippen LogP contribution in [0.4, 0.5) is 4.79 Å². The summed E-state index contributed by atoms with van der Waals surface area (Å²) in [7, 11) is -2.36.